The minimum absolute atomic E-state index is 0.0593. The van der Waals surface area contributed by atoms with Crippen LogP contribution in [0, 0.1) is 12.8 Å². The maximum Gasteiger partial charge on any atom is 0.227 e. The van der Waals surface area contributed by atoms with Gasteiger partial charge in [-0.05, 0) is 30.7 Å². The molecule has 1 heterocycles. The number of methoxy groups -OCH3 is 1. The van der Waals surface area contributed by atoms with E-state index in [1.807, 2.05) is 25.1 Å². The highest BCUT2D eigenvalue weighted by atomic mass is 16.5. The molecule has 1 aliphatic heterocycles. The Bertz CT molecular complexity index is 431. The first-order chi connectivity index (χ1) is 8.15. The van der Waals surface area contributed by atoms with Crippen LogP contribution in [0.2, 0.25) is 0 Å². The van der Waals surface area contributed by atoms with Gasteiger partial charge in [0.2, 0.25) is 5.91 Å². The quantitative estimate of drug-likeness (QED) is 0.860. The molecule has 0 spiro atoms. The van der Waals surface area contributed by atoms with E-state index in [2.05, 4.69) is 0 Å². The molecule has 2 rings (SSSR count). The van der Waals surface area contributed by atoms with Crippen molar-refractivity contribution in [3.05, 3.63) is 23.8 Å². The van der Waals surface area contributed by atoms with E-state index < -0.39 is 0 Å². The smallest absolute Gasteiger partial charge is 0.227 e. The van der Waals surface area contributed by atoms with Gasteiger partial charge in [0.05, 0.1) is 7.11 Å². The summed E-state index contributed by atoms with van der Waals surface area (Å²) < 4.78 is 5.14. The number of ether oxygens (including phenoxy) is 1. The van der Waals surface area contributed by atoms with Crippen LogP contribution in [0.3, 0.4) is 0 Å². The Morgan fingerprint density at radius 2 is 2.29 bits per heavy atom. The van der Waals surface area contributed by atoms with E-state index in [4.69, 9.17) is 9.84 Å². The molecule has 1 aliphatic rings. The summed E-state index contributed by atoms with van der Waals surface area (Å²) >= 11 is 0. The predicted octanol–water partition coefficient (Wildman–Crippen LogP) is 1.35. The molecule has 0 aromatic heterocycles. The Hall–Kier alpha value is -1.55. The predicted molar refractivity (Wildman–Crippen MR) is 65.3 cm³/mol. The number of hydrogen-bond donors (Lipinski definition) is 1. The van der Waals surface area contributed by atoms with Gasteiger partial charge in [-0.25, -0.2) is 0 Å². The third-order valence-electron chi connectivity index (χ3n) is 3.16. The summed E-state index contributed by atoms with van der Waals surface area (Å²) in [5.41, 5.74) is 1.92. The van der Waals surface area contributed by atoms with E-state index in [-0.39, 0.29) is 18.4 Å². The van der Waals surface area contributed by atoms with Crippen molar-refractivity contribution in [2.75, 3.05) is 25.2 Å². The van der Waals surface area contributed by atoms with Gasteiger partial charge in [-0.1, -0.05) is 0 Å². The van der Waals surface area contributed by atoms with Crippen LogP contribution >= 0.6 is 0 Å². The fourth-order valence-electron chi connectivity index (χ4n) is 2.19. The summed E-state index contributed by atoms with van der Waals surface area (Å²) in [5.74, 6) is 0.929. The van der Waals surface area contributed by atoms with Gasteiger partial charge in [0.25, 0.3) is 0 Å². The Morgan fingerprint density at radius 1 is 1.53 bits per heavy atom. The zero-order valence-corrected chi connectivity index (χ0v) is 10.1. The molecule has 1 atom stereocenters. The van der Waals surface area contributed by atoms with Crippen LogP contribution in [0.5, 0.6) is 5.75 Å². The first-order valence-electron chi connectivity index (χ1n) is 5.71. The molecule has 0 bridgehead atoms. The molecule has 1 aromatic carbocycles. The highest BCUT2D eigenvalue weighted by Crippen LogP contribution is 2.29. The Kier molecular flexibility index (Phi) is 3.33. The number of hydrogen-bond acceptors (Lipinski definition) is 3. The number of anilines is 1. The number of carbonyl (C=O) groups excluding carboxylic acids is 1. The molecule has 1 amide bonds. The monoisotopic (exact) mass is 235 g/mol. The van der Waals surface area contributed by atoms with Crippen molar-refractivity contribution in [2.45, 2.75) is 13.3 Å². The SMILES string of the molecule is COc1ccc(N2CC(CO)CC2=O)c(C)c1. The molecule has 0 aliphatic carbocycles. The van der Waals surface area contributed by atoms with Crippen LogP contribution < -0.4 is 9.64 Å². The van der Waals surface area contributed by atoms with Gasteiger partial charge < -0.3 is 14.7 Å². The molecule has 4 heteroatoms. The van der Waals surface area contributed by atoms with Crippen molar-refractivity contribution in [1.82, 2.24) is 0 Å². The van der Waals surface area contributed by atoms with Crippen molar-refractivity contribution < 1.29 is 14.6 Å². The number of carbonyl (C=O) groups is 1. The highest BCUT2D eigenvalue weighted by molar-refractivity contribution is 5.96. The van der Waals surface area contributed by atoms with Crippen LogP contribution in [-0.2, 0) is 4.79 Å². The largest absolute Gasteiger partial charge is 0.497 e. The van der Waals surface area contributed by atoms with Gasteiger partial charge in [-0.2, -0.15) is 0 Å². The maximum atomic E-state index is 11.8. The molecule has 0 saturated carbocycles. The number of benzene rings is 1. The maximum absolute atomic E-state index is 11.8. The van der Waals surface area contributed by atoms with E-state index in [0.717, 1.165) is 17.0 Å². The van der Waals surface area contributed by atoms with Gasteiger partial charge >= 0.3 is 0 Å². The third kappa shape index (κ3) is 2.26. The van der Waals surface area contributed by atoms with E-state index in [0.29, 0.717) is 13.0 Å². The van der Waals surface area contributed by atoms with E-state index in [1.54, 1.807) is 12.0 Å². The van der Waals surface area contributed by atoms with E-state index in [1.165, 1.54) is 0 Å². The standard InChI is InChI=1S/C13H17NO3/c1-9-5-11(17-2)3-4-12(9)14-7-10(8-15)6-13(14)16/h3-5,10,15H,6-8H2,1-2H3. The highest BCUT2D eigenvalue weighted by Gasteiger charge is 2.30. The van der Waals surface area contributed by atoms with Gasteiger partial charge in [-0.15, -0.1) is 0 Å². The van der Waals surface area contributed by atoms with Crippen LogP contribution in [0.15, 0.2) is 18.2 Å². The second-order valence-corrected chi connectivity index (χ2v) is 4.41. The average molecular weight is 235 g/mol. The first-order valence-corrected chi connectivity index (χ1v) is 5.71. The molecule has 1 saturated heterocycles. The Labute approximate surface area is 101 Å². The van der Waals surface area contributed by atoms with Crippen LogP contribution in [-0.4, -0.2) is 31.3 Å². The summed E-state index contributed by atoms with van der Waals surface area (Å²) in [7, 11) is 1.62. The zero-order valence-electron chi connectivity index (χ0n) is 10.1. The van der Waals surface area contributed by atoms with E-state index in [9.17, 15) is 4.79 Å². The summed E-state index contributed by atoms with van der Waals surface area (Å²) in [6.45, 7) is 2.62. The van der Waals surface area contributed by atoms with Crippen LogP contribution in [0.1, 0.15) is 12.0 Å². The lowest BCUT2D eigenvalue weighted by Crippen LogP contribution is -2.25. The second-order valence-electron chi connectivity index (χ2n) is 4.41. The molecule has 17 heavy (non-hydrogen) atoms. The molecule has 1 aromatic rings. The molecule has 1 unspecified atom stereocenters. The minimum atomic E-state index is 0.0593. The second kappa shape index (κ2) is 4.75. The molecule has 1 fully saturated rings. The molecular weight excluding hydrogens is 218 g/mol. The molecule has 0 radical (unpaired) electrons. The number of amides is 1. The molecule has 1 N–H and O–H groups in total. The van der Waals surface area contributed by atoms with Crippen molar-refractivity contribution in [2.24, 2.45) is 5.92 Å². The lowest BCUT2D eigenvalue weighted by atomic mass is 10.1. The fourth-order valence-corrected chi connectivity index (χ4v) is 2.19. The van der Waals surface area contributed by atoms with Gasteiger partial charge in [0.15, 0.2) is 0 Å². The summed E-state index contributed by atoms with van der Waals surface area (Å²) in [6.07, 6.45) is 0.433. The zero-order chi connectivity index (χ0) is 12.4. The number of rotatable bonds is 3. The van der Waals surface area contributed by atoms with Crippen LogP contribution in [0.25, 0.3) is 0 Å². The lowest BCUT2D eigenvalue weighted by Gasteiger charge is -2.19. The van der Waals surface area contributed by atoms with Crippen molar-refractivity contribution in [3.8, 4) is 5.75 Å². The third-order valence-corrected chi connectivity index (χ3v) is 3.16. The lowest BCUT2D eigenvalue weighted by molar-refractivity contribution is -0.117. The molecular formula is C13H17NO3. The summed E-state index contributed by atoms with van der Waals surface area (Å²) in [4.78, 5) is 13.6. The summed E-state index contributed by atoms with van der Waals surface area (Å²) in [5, 5.41) is 9.10. The number of aliphatic hydroxyl groups excluding tert-OH is 1. The fraction of sp³-hybridized carbons (Fsp3) is 0.462. The van der Waals surface area contributed by atoms with Crippen LogP contribution in [0.4, 0.5) is 5.69 Å². The van der Waals surface area contributed by atoms with Gasteiger partial charge in [0.1, 0.15) is 5.75 Å². The van der Waals surface area contributed by atoms with Crippen molar-refractivity contribution >= 4 is 11.6 Å². The first kappa shape index (κ1) is 11.9. The number of aryl methyl sites for hydroxylation is 1. The van der Waals surface area contributed by atoms with Gasteiger partial charge in [-0.3, -0.25) is 4.79 Å². The van der Waals surface area contributed by atoms with Crippen molar-refractivity contribution in [3.63, 3.8) is 0 Å². The Balaban J connectivity index is 2.26. The van der Waals surface area contributed by atoms with Gasteiger partial charge in [0, 0.05) is 31.2 Å². The average Bonchev–Trinajstić information content (AvgIpc) is 2.70. The molecule has 92 valence electrons. The van der Waals surface area contributed by atoms with E-state index >= 15 is 0 Å². The topological polar surface area (TPSA) is 49.8 Å². The number of aliphatic hydroxyl groups is 1. The normalized spacial score (nSPS) is 19.8. The Morgan fingerprint density at radius 3 is 2.82 bits per heavy atom. The van der Waals surface area contributed by atoms with Crippen molar-refractivity contribution in [1.29, 1.82) is 0 Å². The summed E-state index contributed by atoms with van der Waals surface area (Å²) in [6, 6.07) is 5.66. The number of nitrogens with zero attached hydrogens (tertiary/aromatic N) is 1. The molecule has 4 nitrogen and oxygen atoms in total. The minimum Gasteiger partial charge on any atom is -0.497 e.